The van der Waals surface area contributed by atoms with Crippen LogP contribution in [0.4, 0.5) is 5.13 Å². The normalized spacial score (nSPS) is 15.2. The lowest BCUT2D eigenvalue weighted by molar-refractivity contribution is -0.125. The zero-order chi connectivity index (χ0) is 18.8. The van der Waals surface area contributed by atoms with Crippen molar-refractivity contribution in [2.24, 2.45) is 5.92 Å². The maximum Gasteiger partial charge on any atom is 0.275 e. The molecule has 3 aromatic rings. The Balaban J connectivity index is 1.33. The van der Waals surface area contributed by atoms with Crippen LogP contribution < -0.4 is 15.8 Å². The highest BCUT2D eigenvalue weighted by Gasteiger charge is 2.26. The molecule has 0 atom stereocenters. The predicted molar refractivity (Wildman–Crippen MR) is 105 cm³/mol. The number of rotatable bonds is 4. The first-order valence-corrected chi connectivity index (χ1v) is 9.85. The van der Waals surface area contributed by atoms with Gasteiger partial charge in [-0.15, -0.1) is 5.10 Å². The van der Waals surface area contributed by atoms with E-state index < -0.39 is 0 Å². The minimum absolute atomic E-state index is 0.0157. The molecular weight excluding hydrogens is 362 g/mol. The maximum atomic E-state index is 12.5. The molecule has 7 nitrogen and oxygen atoms in total. The van der Waals surface area contributed by atoms with Crippen LogP contribution >= 0.6 is 11.3 Å². The van der Waals surface area contributed by atoms with Crippen molar-refractivity contribution in [2.45, 2.75) is 26.3 Å². The summed E-state index contributed by atoms with van der Waals surface area (Å²) in [4.78, 5) is 31.2. The summed E-state index contributed by atoms with van der Waals surface area (Å²) in [6, 6.07) is 9.60. The molecule has 140 valence electrons. The average Bonchev–Trinajstić information content (AvgIpc) is 3.13. The van der Waals surface area contributed by atoms with Gasteiger partial charge in [0.2, 0.25) is 16.0 Å². The molecule has 27 heavy (non-hydrogen) atoms. The van der Waals surface area contributed by atoms with Gasteiger partial charge >= 0.3 is 0 Å². The smallest absolute Gasteiger partial charge is 0.275 e. The van der Waals surface area contributed by atoms with Crippen LogP contribution in [-0.2, 0) is 11.3 Å². The lowest BCUT2D eigenvalue weighted by Gasteiger charge is -2.30. The molecule has 0 bridgehead atoms. The average molecular weight is 383 g/mol. The first-order valence-electron chi connectivity index (χ1n) is 9.03. The van der Waals surface area contributed by atoms with Gasteiger partial charge in [0, 0.05) is 37.8 Å². The second kappa shape index (κ2) is 7.48. The number of nitrogens with zero attached hydrogens (tertiary/aromatic N) is 4. The molecule has 0 radical (unpaired) electrons. The van der Waals surface area contributed by atoms with E-state index in [9.17, 15) is 9.59 Å². The Bertz CT molecular complexity index is 1000. The van der Waals surface area contributed by atoms with Crippen LogP contribution in [0.25, 0.3) is 4.96 Å². The number of piperidine rings is 1. The van der Waals surface area contributed by atoms with Gasteiger partial charge in [-0.05, 0) is 25.3 Å². The summed E-state index contributed by atoms with van der Waals surface area (Å²) >= 11 is 1.40. The van der Waals surface area contributed by atoms with Crippen molar-refractivity contribution in [1.82, 2.24) is 19.9 Å². The van der Waals surface area contributed by atoms with Gasteiger partial charge in [-0.3, -0.25) is 9.59 Å². The molecule has 3 heterocycles. The molecule has 1 saturated heterocycles. The van der Waals surface area contributed by atoms with Gasteiger partial charge in [-0.25, -0.2) is 4.98 Å². The van der Waals surface area contributed by atoms with Crippen LogP contribution in [-0.4, -0.2) is 33.6 Å². The van der Waals surface area contributed by atoms with E-state index in [4.69, 9.17) is 0 Å². The third-order valence-electron chi connectivity index (χ3n) is 4.88. The summed E-state index contributed by atoms with van der Waals surface area (Å²) in [6.45, 7) is 4.11. The number of nitrogens with one attached hydrogen (secondary N) is 1. The molecule has 0 aliphatic carbocycles. The zero-order valence-corrected chi connectivity index (χ0v) is 15.9. The van der Waals surface area contributed by atoms with Crippen molar-refractivity contribution < 1.29 is 4.79 Å². The Kier molecular flexibility index (Phi) is 4.89. The number of aryl methyl sites for hydroxylation is 1. The van der Waals surface area contributed by atoms with Crippen LogP contribution in [0.5, 0.6) is 0 Å². The van der Waals surface area contributed by atoms with E-state index >= 15 is 0 Å². The van der Waals surface area contributed by atoms with Crippen molar-refractivity contribution in [2.75, 3.05) is 18.0 Å². The second-order valence-electron chi connectivity index (χ2n) is 6.83. The standard InChI is InChI=1S/C19H21N5O2S/c1-13-2-4-14(5-3-13)12-21-17(26)15-7-10-23(11-8-15)19-22-24-16(25)6-9-20-18(24)27-19/h2-6,9,15H,7-8,10-12H2,1H3,(H,21,26). The number of carbonyl (C=O) groups is 1. The number of hydrogen-bond acceptors (Lipinski definition) is 6. The van der Waals surface area contributed by atoms with Gasteiger partial charge < -0.3 is 10.2 Å². The molecule has 8 heteroatoms. The van der Waals surface area contributed by atoms with Crippen LogP contribution in [0, 0.1) is 12.8 Å². The summed E-state index contributed by atoms with van der Waals surface area (Å²) in [5.41, 5.74) is 2.15. The van der Waals surface area contributed by atoms with Crippen molar-refractivity contribution in [3.63, 3.8) is 0 Å². The van der Waals surface area contributed by atoms with Gasteiger partial charge in [0.25, 0.3) is 5.56 Å². The van der Waals surface area contributed by atoms with Crippen molar-refractivity contribution in [3.8, 4) is 0 Å². The Morgan fingerprint density at radius 1 is 1.22 bits per heavy atom. The van der Waals surface area contributed by atoms with E-state index in [-0.39, 0.29) is 17.4 Å². The second-order valence-corrected chi connectivity index (χ2v) is 7.76. The van der Waals surface area contributed by atoms with Crippen LogP contribution in [0.3, 0.4) is 0 Å². The molecule has 1 aliphatic rings. The lowest BCUT2D eigenvalue weighted by atomic mass is 9.96. The van der Waals surface area contributed by atoms with Crippen molar-refractivity contribution in [3.05, 3.63) is 58.0 Å². The highest BCUT2D eigenvalue weighted by molar-refractivity contribution is 7.20. The zero-order valence-electron chi connectivity index (χ0n) is 15.1. The van der Waals surface area contributed by atoms with E-state index in [1.807, 2.05) is 19.1 Å². The minimum atomic E-state index is -0.173. The molecule has 1 amide bonds. The van der Waals surface area contributed by atoms with E-state index in [2.05, 4.69) is 32.4 Å². The molecule has 1 N–H and O–H groups in total. The van der Waals surface area contributed by atoms with Gasteiger partial charge in [-0.1, -0.05) is 41.2 Å². The van der Waals surface area contributed by atoms with Crippen LogP contribution in [0.15, 0.2) is 41.3 Å². The fourth-order valence-corrected chi connectivity index (χ4v) is 4.16. The first-order chi connectivity index (χ1) is 13.1. The van der Waals surface area contributed by atoms with Gasteiger partial charge in [0.05, 0.1) is 0 Å². The molecule has 2 aromatic heterocycles. The minimum Gasteiger partial charge on any atom is -0.352 e. The third-order valence-corrected chi connectivity index (χ3v) is 5.87. The summed E-state index contributed by atoms with van der Waals surface area (Å²) in [6.07, 6.45) is 3.06. The summed E-state index contributed by atoms with van der Waals surface area (Å²) in [5, 5.41) is 8.20. The molecule has 0 spiro atoms. The van der Waals surface area contributed by atoms with E-state index in [1.165, 1.54) is 33.7 Å². The summed E-state index contributed by atoms with van der Waals surface area (Å²) in [7, 11) is 0. The van der Waals surface area contributed by atoms with Gasteiger partial charge in [0.15, 0.2) is 0 Å². The van der Waals surface area contributed by atoms with Crippen LogP contribution in [0.2, 0.25) is 0 Å². The van der Waals surface area contributed by atoms with E-state index in [1.54, 1.807) is 0 Å². The fraction of sp³-hybridized carbons (Fsp3) is 0.368. The Hall–Kier alpha value is -2.74. The number of fused-ring (bicyclic) bond motifs is 1. The van der Waals surface area contributed by atoms with Gasteiger partial charge in [0.1, 0.15) is 0 Å². The predicted octanol–water partition coefficient (Wildman–Crippen LogP) is 1.99. The SMILES string of the molecule is Cc1ccc(CNC(=O)C2CCN(c3nn4c(=O)ccnc4s3)CC2)cc1. The number of anilines is 1. The Morgan fingerprint density at radius 3 is 2.67 bits per heavy atom. The van der Waals surface area contributed by atoms with Crippen LogP contribution in [0.1, 0.15) is 24.0 Å². The summed E-state index contributed by atoms with van der Waals surface area (Å²) < 4.78 is 1.33. The number of benzene rings is 1. The fourth-order valence-electron chi connectivity index (χ4n) is 3.23. The summed E-state index contributed by atoms with van der Waals surface area (Å²) in [5.74, 6) is 0.124. The molecule has 0 saturated carbocycles. The molecule has 1 aliphatic heterocycles. The number of hydrogen-bond donors (Lipinski definition) is 1. The Morgan fingerprint density at radius 2 is 1.96 bits per heavy atom. The lowest BCUT2D eigenvalue weighted by Crippen LogP contribution is -2.40. The number of aromatic nitrogens is 3. The van der Waals surface area contributed by atoms with E-state index in [0.29, 0.717) is 11.5 Å². The monoisotopic (exact) mass is 383 g/mol. The number of amides is 1. The largest absolute Gasteiger partial charge is 0.352 e. The Labute approximate surface area is 160 Å². The highest BCUT2D eigenvalue weighted by atomic mass is 32.1. The third kappa shape index (κ3) is 3.85. The van der Waals surface area contributed by atoms with Crippen molar-refractivity contribution in [1.29, 1.82) is 0 Å². The van der Waals surface area contributed by atoms with E-state index in [0.717, 1.165) is 36.6 Å². The molecule has 1 fully saturated rings. The molecule has 1 aromatic carbocycles. The topological polar surface area (TPSA) is 79.6 Å². The van der Waals surface area contributed by atoms with Gasteiger partial charge in [-0.2, -0.15) is 4.52 Å². The number of carbonyl (C=O) groups excluding carboxylic acids is 1. The maximum absolute atomic E-state index is 12.5. The first kappa shape index (κ1) is 17.7. The van der Waals surface area contributed by atoms with Crippen molar-refractivity contribution >= 4 is 27.3 Å². The molecule has 4 rings (SSSR count). The molecular formula is C19H21N5O2S. The highest BCUT2D eigenvalue weighted by Crippen LogP contribution is 2.26. The molecule has 0 unspecified atom stereocenters. The quantitative estimate of drug-likeness (QED) is 0.745.